The van der Waals surface area contributed by atoms with Crippen molar-refractivity contribution in [2.75, 3.05) is 5.32 Å². The summed E-state index contributed by atoms with van der Waals surface area (Å²) in [6.07, 6.45) is 3.84. The largest absolute Gasteiger partial charge is 0.321 e. The van der Waals surface area contributed by atoms with E-state index in [0.717, 1.165) is 16.9 Å². The van der Waals surface area contributed by atoms with Gasteiger partial charge < -0.3 is 9.72 Å². The summed E-state index contributed by atoms with van der Waals surface area (Å²) in [5.74, 6) is -0.669. The van der Waals surface area contributed by atoms with Crippen LogP contribution >= 0.6 is 0 Å². The van der Waals surface area contributed by atoms with Gasteiger partial charge in [-0.05, 0) is 42.5 Å². The van der Waals surface area contributed by atoms with Crippen molar-refractivity contribution >= 4 is 17.2 Å². The molecule has 0 aliphatic carbocycles. The fraction of sp³-hybridized carbons (Fsp3) is 0. The molecule has 25 heavy (non-hydrogen) atoms. The minimum absolute atomic E-state index is 0.295. The Labute approximate surface area is 143 Å². The Morgan fingerprint density at radius 3 is 2.52 bits per heavy atom. The number of anilines is 1. The molecular weight excluding hydrogens is 317 g/mol. The minimum atomic E-state index is -0.373. The number of amides is 1. The summed E-state index contributed by atoms with van der Waals surface area (Å²) in [4.78, 5) is 17.0. The van der Waals surface area contributed by atoms with Gasteiger partial charge >= 0.3 is 0 Å². The maximum Gasteiger partial charge on any atom is 0.255 e. The van der Waals surface area contributed by atoms with Gasteiger partial charge in [0.2, 0.25) is 0 Å². The van der Waals surface area contributed by atoms with Crippen LogP contribution < -0.4 is 5.32 Å². The average molecular weight is 331 g/mol. The number of aromatic nitrogens is 2. The predicted octanol–water partition coefficient (Wildman–Crippen LogP) is 4.39. The summed E-state index contributed by atoms with van der Waals surface area (Å²) in [6, 6.07) is 18.7. The van der Waals surface area contributed by atoms with E-state index in [9.17, 15) is 9.18 Å². The molecule has 4 aromatic rings. The number of rotatable bonds is 3. The van der Waals surface area contributed by atoms with Crippen LogP contribution in [0, 0.1) is 5.82 Å². The van der Waals surface area contributed by atoms with Crippen LogP contribution in [0.4, 0.5) is 10.1 Å². The lowest BCUT2D eigenvalue weighted by atomic mass is 10.1. The maximum absolute atomic E-state index is 13.0. The van der Waals surface area contributed by atoms with E-state index in [1.165, 1.54) is 24.3 Å². The van der Waals surface area contributed by atoms with E-state index >= 15 is 0 Å². The van der Waals surface area contributed by atoms with E-state index < -0.39 is 0 Å². The Balaban J connectivity index is 1.69. The van der Waals surface area contributed by atoms with Crippen LogP contribution in [0.15, 0.2) is 79.1 Å². The quantitative estimate of drug-likeness (QED) is 0.605. The van der Waals surface area contributed by atoms with Gasteiger partial charge in [0.15, 0.2) is 0 Å². The lowest BCUT2D eigenvalue weighted by Gasteiger charge is -2.09. The van der Waals surface area contributed by atoms with E-state index in [4.69, 9.17) is 0 Å². The second kappa shape index (κ2) is 6.20. The molecule has 0 aliphatic heterocycles. The molecule has 0 aliphatic rings. The normalized spacial score (nSPS) is 10.8. The number of hydrogen-bond donors (Lipinski definition) is 1. The van der Waals surface area contributed by atoms with Crippen molar-refractivity contribution in [2.24, 2.45) is 0 Å². The first-order valence-electron chi connectivity index (χ1n) is 7.81. The van der Waals surface area contributed by atoms with Crippen LogP contribution in [-0.2, 0) is 0 Å². The molecule has 0 saturated heterocycles. The van der Waals surface area contributed by atoms with Gasteiger partial charge in [0.1, 0.15) is 11.5 Å². The van der Waals surface area contributed by atoms with Gasteiger partial charge in [-0.25, -0.2) is 9.37 Å². The summed E-state index contributed by atoms with van der Waals surface area (Å²) < 4.78 is 14.9. The van der Waals surface area contributed by atoms with Crippen molar-refractivity contribution in [1.82, 2.24) is 9.38 Å². The smallest absolute Gasteiger partial charge is 0.255 e. The molecule has 0 fully saturated rings. The highest BCUT2D eigenvalue weighted by molar-refractivity contribution is 6.06. The predicted molar refractivity (Wildman–Crippen MR) is 95.0 cm³/mol. The fourth-order valence-electron chi connectivity index (χ4n) is 2.68. The van der Waals surface area contributed by atoms with Crippen LogP contribution in [0.25, 0.3) is 16.9 Å². The summed E-state index contributed by atoms with van der Waals surface area (Å²) in [5.41, 5.74) is 3.46. The Morgan fingerprint density at radius 1 is 0.960 bits per heavy atom. The number of carbonyl (C=O) groups is 1. The van der Waals surface area contributed by atoms with Crippen LogP contribution in [0.5, 0.6) is 0 Å². The molecule has 1 N–H and O–H groups in total. The zero-order chi connectivity index (χ0) is 17.2. The van der Waals surface area contributed by atoms with Gasteiger partial charge in [0, 0.05) is 23.5 Å². The van der Waals surface area contributed by atoms with E-state index in [2.05, 4.69) is 10.3 Å². The molecule has 0 saturated carbocycles. The number of fused-ring (bicyclic) bond motifs is 1. The number of para-hydroxylation sites is 1. The number of benzene rings is 2. The third-order valence-electron chi connectivity index (χ3n) is 3.92. The molecule has 0 bridgehead atoms. The van der Waals surface area contributed by atoms with Crippen molar-refractivity contribution < 1.29 is 9.18 Å². The molecule has 0 radical (unpaired) electrons. The first kappa shape index (κ1) is 15.1. The number of hydrogen-bond acceptors (Lipinski definition) is 2. The standard InChI is InChI=1S/C20H14FN3O/c21-15-10-8-14(9-11-15)20(25)23-17-6-2-1-5-16(17)18-13-24-12-4-3-7-19(24)22-18/h1-13H,(H,23,25). The van der Waals surface area contributed by atoms with E-state index in [0.29, 0.717) is 11.3 Å². The fourth-order valence-corrected chi connectivity index (χ4v) is 2.68. The molecule has 2 aromatic carbocycles. The highest BCUT2D eigenvalue weighted by atomic mass is 19.1. The van der Waals surface area contributed by atoms with Crippen LogP contribution in [0.3, 0.4) is 0 Å². The van der Waals surface area contributed by atoms with E-state index in [1.807, 2.05) is 59.3 Å². The number of halogens is 1. The molecule has 122 valence electrons. The van der Waals surface area contributed by atoms with Crippen molar-refractivity contribution in [2.45, 2.75) is 0 Å². The summed E-state index contributed by atoms with van der Waals surface area (Å²) >= 11 is 0. The molecule has 5 heteroatoms. The molecule has 2 aromatic heterocycles. The molecule has 0 spiro atoms. The SMILES string of the molecule is O=C(Nc1ccccc1-c1cn2ccccc2n1)c1ccc(F)cc1. The summed E-state index contributed by atoms with van der Waals surface area (Å²) in [5, 5.41) is 2.88. The van der Waals surface area contributed by atoms with Gasteiger partial charge in [-0.15, -0.1) is 0 Å². The van der Waals surface area contributed by atoms with Gasteiger partial charge in [0.25, 0.3) is 5.91 Å². The van der Waals surface area contributed by atoms with Crippen LogP contribution in [0.2, 0.25) is 0 Å². The van der Waals surface area contributed by atoms with Crippen molar-refractivity contribution in [3.63, 3.8) is 0 Å². The first-order chi connectivity index (χ1) is 12.2. The number of pyridine rings is 1. The van der Waals surface area contributed by atoms with Crippen LogP contribution in [-0.4, -0.2) is 15.3 Å². The zero-order valence-corrected chi connectivity index (χ0v) is 13.2. The number of nitrogens with one attached hydrogen (secondary N) is 1. The molecule has 4 nitrogen and oxygen atoms in total. The summed E-state index contributed by atoms with van der Waals surface area (Å²) in [7, 11) is 0. The van der Waals surface area contributed by atoms with E-state index in [1.54, 1.807) is 0 Å². The van der Waals surface area contributed by atoms with Gasteiger partial charge in [-0.2, -0.15) is 0 Å². The molecule has 1 amide bonds. The van der Waals surface area contributed by atoms with Gasteiger partial charge in [-0.1, -0.05) is 24.3 Å². The zero-order valence-electron chi connectivity index (χ0n) is 13.2. The maximum atomic E-state index is 13.0. The molecular formula is C20H14FN3O. The van der Waals surface area contributed by atoms with Crippen LogP contribution in [0.1, 0.15) is 10.4 Å². The van der Waals surface area contributed by atoms with Crippen molar-refractivity contribution in [1.29, 1.82) is 0 Å². The number of nitrogens with zero attached hydrogens (tertiary/aromatic N) is 2. The minimum Gasteiger partial charge on any atom is -0.321 e. The Kier molecular flexibility index (Phi) is 3.74. The number of carbonyl (C=O) groups excluding carboxylic acids is 1. The lowest BCUT2D eigenvalue weighted by molar-refractivity contribution is 0.102. The van der Waals surface area contributed by atoms with Crippen molar-refractivity contribution in [3.05, 3.63) is 90.5 Å². The molecule has 4 rings (SSSR count). The second-order valence-corrected chi connectivity index (χ2v) is 5.60. The monoisotopic (exact) mass is 331 g/mol. The van der Waals surface area contributed by atoms with Crippen molar-refractivity contribution in [3.8, 4) is 11.3 Å². The first-order valence-corrected chi connectivity index (χ1v) is 7.81. The second-order valence-electron chi connectivity index (χ2n) is 5.60. The lowest BCUT2D eigenvalue weighted by Crippen LogP contribution is -2.12. The average Bonchev–Trinajstić information content (AvgIpc) is 3.06. The third-order valence-corrected chi connectivity index (χ3v) is 3.92. The Hall–Kier alpha value is -3.47. The Bertz CT molecular complexity index is 1020. The Morgan fingerprint density at radius 2 is 1.72 bits per heavy atom. The molecule has 2 heterocycles. The highest BCUT2D eigenvalue weighted by Crippen LogP contribution is 2.27. The molecule has 0 unspecified atom stereocenters. The molecule has 0 atom stereocenters. The van der Waals surface area contributed by atoms with E-state index in [-0.39, 0.29) is 11.7 Å². The van der Waals surface area contributed by atoms with Gasteiger partial charge in [-0.3, -0.25) is 4.79 Å². The topological polar surface area (TPSA) is 46.4 Å². The summed E-state index contributed by atoms with van der Waals surface area (Å²) in [6.45, 7) is 0. The number of imidazole rings is 1. The third kappa shape index (κ3) is 2.99. The van der Waals surface area contributed by atoms with Gasteiger partial charge in [0.05, 0.1) is 11.4 Å². The highest BCUT2D eigenvalue weighted by Gasteiger charge is 2.12.